The zero-order valence-corrected chi connectivity index (χ0v) is 9.98. The van der Waals surface area contributed by atoms with E-state index in [2.05, 4.69) is 0 Å². The van der Waals surface area contributed by atoms with Gasteiger partial charge in [-0.15, -0.1) is 0 Å². The van der Waals surface area contributed by atoms with Crippen LogP contribution in [0.4, 0.5) is 5.69 Å². The number of nitrogens with two attached hydrogens (primary N) is 1. The number of carbonyl (C=O) groups is 1. The summed E-state index contributed by atoms with van der Waals surface area (Å²) in [5, 5.41) is 0. The number of fused-ring (bicyclic) bond motifs is 1. The molecule has 1 saturated carbocycles. The summed E-state index contributed by atoms with van der Waals surface area (Å²) in [5.41, 5.74) is 6.50. The number of anilines is 1. The molecule has 1 aliphatic carbocycles. The zero-order valence-electron chi connectivity index (χ0n) is 9.98. The van der Waals surface area contributed by atoms with Gasteiger partial charge in [0.1, 0.15) is 0 Å². The van der Waals surface area contributed by atoms with Crippen molar-refractivity contribution in [2.45, 2.75) is 19.3 Å². The maximum absolute atomic E-state index is 11.9. The summed E-state index contributed by atoms with van der Waals surface area (Å²) in [7, 11) is 0. The van der Waals surface area contributed by atoms with E-state index in [4.69, 9.17) is 19.9 Å². The van der Waals surface area contributed by atoms with Crippen LogP contribution in [0, 0.1) is 5.92 Å². The van der Waals surface area contributed by atoms with E-state index in [1.165, 1.54) is 12.8 Å². The van der Waals surface area contributed by atoms with Gasteiger partial charge in [-0.05, 0) is 12.3 Å². The van der Waals surface area contributed by atoms with Gasteiger partial charge in [-0.2, -0.15) is 0 Å². The SMILES string of the molecule is Nc1cc2c(cc1C(=O)OCCC1CC1)OCO2. The summed E-state index contributed by atoms with van der Waals surface area (Å²) in [6, 6.07) is 3.18. The Morgan fingerprint density at radius 2 is 2.06 bits per heavy atom. The van der Waals surface area contributed by atoms with Gasteiger partial charge in [0, 0.05) is 12.1 Å². The Hall–Kier alpha value is -1.91. The molecule has 0 saturated heterocycles. The van der Waals surface area contributed by atoms with Gasteiger partial charge < -0.3 is 19.9 Å². The van der Waals surface area contributed by atoms with Crippen molar-refractivity contribution in [1.29, 1.82) is 0 Å². The topological polar surface area (TPSA) is 70.8 Å². The molecule has 0 atom stereocenters. The summed E-state index contributed by atoms with van der Waals surface area (Å²) in [5.74, 6) is 1.46. The fourth-order valence-corrected chi connectivity index (χ4v) is 1.94. The lowest BCUT2D eigenvalue weighted by Gasteiger charge is -2.07. The highest BCUT2D eigenvalue weighted by Gasteiger charge is 2.23. The Morgan fingerprint density at radius 1 is 1.33 bits per heavy atom. The Labute approximate surface area is 105 Å². The number of benzene rings is 1. The van der Waals surface area contributed by atoms with Crippen LogP contribution in [-0.2, 0) is 4.74 Å². The maximum Gasteiger partial charge on any atom is 0.340 e. The predicted molar refractivity (Wildman–Crippen MR) is 64.6 cm³/mol. The highest BCUT2D eigenvalue weighted by molar-refractivity contribution is 5.96. The highest BCUT2D eigenvalue weighted by atomic mass is 16.7. The van der Waals surface area contributed by atoms with Gasteiger partial charge >= 0.3 is 5.97 Å². The summed E-state index contributed by atoms with van der Waals surface area (Å²) in [6.07, 6.45) is 3.45. The average Bonchev–Trinajstić information content (AvgIpc) is 3.05. The largest absolute Gasteiger partial charge is 0.462 e. The predicted octanol–water partition coefficient (Wildman–Crippen LogP) is 1.95. The second-order valence-corrected chi connectivity index (χ2v) is 4.66. The van der Waals surface area contributed by atoms with Gasteiger partial charge in [0.25, 0.3) is 0 Å². The molecule has 3 rings (SSSR count). The van der Waals surface area contributed by atoms with Crippen molar-refractivity contribution in [3.05, 3.63) is 17.7 Å². The van der Waals surface area contributed by atoms with E-state index in [1.54, 1.807) is 12.1 Å². The van der Waals surface area contributed by atoms with E-state index in [-0.39, 0.29) is 6.79 Å². The second-order valence-electron chi connectivity index (χ2n) is 4.66. The fraction of sp³-hybridized carbons (Fsp3) is 0.462. The number of hydrogen-bond acceptors (Lipinski definition) is 5. The number of esters is 1. The van der Waals surface area contributed by atoms with Crippen LogP contribution in [0.1, 0.15) is 29.6 Å². The van der Waals surface area contributed by atoms with Crippen molar-refractivity contribution in [2.24, 2.45) is 5.92 Å². The van der Waals surface area contributed by atoms with Gasteiger partial charge in [0.15, 0.2) is 11.5 Å². The lowest BCUT2D eigenvalue weighted by Crippen LogP contribution is -2.09. The van der Waals surface area contributed by atoms with Crippen molar-refractivity contribution in [2.75, 3.05) is 19.1 Å². The highest BCUT2D eigenvalue weighted by Crippen LogP contribution is 2.36. The van der Waals surface area contributed by atoms with Crippen LogP contribution < -0.4 is 15.2 Å². The van der Waals surface area contributed by atoms with Gasteiger partial charge in [-0.25, -0.2) is 4.79 Å². The number of rotatable bonds is 4. The third-order valence-corrected chi connectivity index (χ3v) is 3.22. The van der Waals surface area contributed by atoms with Crippen LogP contribution in [-0.4, -0.2) is 19.4 Å². The standard InChI is InChI=1S/C13H15NO4/c14-10-6-12-11(17-7-18-12)5-9(10)13(15)16-4-3-8-1-2-8/h5-6,8H,1-4,7,14H2. The molecule has 1 aromatic rings. The molecule has 1 aromatic carbocycles. The van der Waals surface area contributed by atoms with Crippen LogP contribution in [0.15, 0.2) is 12.1 Å². The summed E-state index contributed by atoms with van der Waals surface area (Å²) in [4.78, 5) is 11.9. The minimum atomic E-state index is -0.397. The molecule has 1 fully saturated rings. The first kappa shape index (κ1) is 11.2. The third-order valence-electron chi connectivity index (χ3n) is 3.22. The zero-order chi connectivity index (χ0) is 12.5. The van der Waals surface area contributed by atoms with E-state index in [0.29, 0.717) is 29.4 Å². The van der Waals surface area contributed by atoms with Crippen molar-refractivity contribution in [3.63, 3.8) is 0 Å². The first-order valence-electron chi connectivity index (χ1n) is 6.10. The van der Waals surface area contributed by atoms with Crippen molar-refractivity contribution < 1.29 is 19.0 Å². The minimum absolute atomic E-state index is 0.162. The fourth-order valence-electron chi connectivity index (χ4n) is 1.94. The molecule has 96 valence electrons. The second kappa shape index (κ2) is 4.40. The molecule has 0 spiro atoms. The summed E-state index contributed by atoms with van der Waals surface area (Å²) >= 11 is 0. The van der Waals surface area contributed by atoms with Crippen LogP contribution >= 0.6 is 0 Å². The molecule has 0 bridgehead atoms. The molecule has 1 heterocycles. The lowest BCUT2D eigenvalue weighted by atomic mass is 10.1. The van der Waals surface area contributed by atoms with E-state index < -0.39 is 5.97 Å². The molecule has 1 aliphatic heterocycles. The Balaban J connectivity index is 1.68. The maximum atomic E-state index is 11.9. The first-order valence-corrected chi connectivity index (χ1v) is 6.10. The lowest BCUT2D eigenvalue weighted by molar-refractivity contribution is 0.0495. The number of ether oxygens (including phenoxy) is 3. The van der Waals surface area contributed by atoms with E-state index in [1.807, 2.05) is 0 Å². The smallest absolute Gasteiger partial charge is 0.340 e. The molecular weight excluding hydrogens is 234 g/mol. The van der Waals surface area contributed by atoms with Crippen molar-refractivity contribution in [1.82, 2.24) is 0 Å². The number of nitrogen functional groups attached to an aromatic ring is 1. The molecule has 0 amide bonds. The molecule has 2 aliphatic rings. The Kier molecular flexibility index (Phi) is 2.74. The van der Waals surface area contributed by atoms with Crippen LogP contribution in [0.2, 0.25) is 0 Å². The monoisotopic (exact) mass is 249 g/mol. The molecule has 5 nitrogen and oxygen atoms in total. The van der Waals surface area contributed by atoms with Gasteiger partial charge in [0.2, 0.25) is 6.79 Å². The van der Waals surface area contributed by atoms with Crippen LogP contribution in [0.25, 0.3) is 0 Å². The van der Waals surface area contributed by atoms with Gasteiger partial charge in [0.05, 0.1) is 17.9 Å². The summed E-state index contributed by atoms with van der Waals surface area (Å²) in [6.45, 7) is 0.617. The molecule has 5 heteroatoms. The molecule has 0 radical (unpaired) electrons. The number of carbonyl (C=O) groups excluding carboxylic acids is 1. The first-order chi connectivity index (χ1) is 8.74. The van der Waals surface area contributed by atoms with Gasteiger partial charge in [-0.3, -0.25) is 0 Å². The van der Waals surface area contributed by atoms with Crippen molar-refractivity contribution in [3.8, 4) is 11.5 Å². The third kappa shape index (κ3) is 2.20. The van der Waals surface area contributed by atoms with E-state index >= 15 is 0 Å². The quantitative estimate of drug-likeness (QED) is 0.652. The van der Waals surface area contributed by atoms with Gasteiger partial charge in [-0.1, -0.05) is 12.8 Å². The summed E-state index contributed by atoms with van der Waals surface area (Å²) < 4.78 is 15.6. The molecule has 18 heavy (non-hydrogen) atoms. The molecule has 2 N–H and O–H groups in total. The van der Waals surface area contributed by atoms with E-state index in [0.717, 1.165) is 12.3 Å². The minimum Gasteiger partial charge on any atom is -0.462 e. The molecule has 0 aromatic heterocycles. The van der Waals surface area contributed by atoms with E-state index in [9.17, 15) is 4.79 Å². The Bertz CT molecular complexity index is 482. The molecule has 0 unspecified atom stereocenters. The van der Waals surface area contributed by atoms with Crippen molar-refractivity contribution >= 4 is 11.7 Å². The normalized spacial score (nSPS) is 16.7. The van der Waals surface area contributed by atoms with Crippen LogP contribution in [0.3, 0.4) is 0 Å². The molecular formula is C13H15NO4. The van der Waals surface area contributed by atoms with Crippen LogP contribution in [0.5, 0.6) is 11.5 Å². The average molecular weight is 249 g/mol. The number of hydrogen-bond donors (Lipinski definition) is 1. The Morgan fingerprint density at radius 3 is 2.78 bits per heavy atom.